The lowest BCUT2D eigenvalue weighted by atomic mass is 9.92. The fourth-order valence-electron chi connectivity index (χ4n) is 2.38. The van der Waals surface area contributed by atoms with Crippen molar-refractivity contribution in [2.75, 3.05) is 26.2 Å². The lowest BCUT2D eigenvalue weighted by molar-refractivity contribution is 0.161. The maximum atomic E-state index is 5.64. The number of nitrogens with zero attached hydrogens (tertiary/aromatic N) is 1. The van der Waals surface area contributed by atoms with E-state index in [1.165, 1.54) is 45.3 Å². The molecule has 1 saturated heterocycles. The highest BCUT2D eigenvalue weighted by atomic mass is 15.1. The minimum Gasteiger partial charge on any atom is -0.330 e. The van der Waals surface area contributed by atoms with Crippen molar-refractivity contribution < 1.29 is 0 Å². The van der Waals surface area contributed by atoms with Crippen molar-refractivity contribution >= 4 is 0 Å². The first-order valence-corrected chi connectivity index (χ1v) is 6.18. The van der Waals surface area contributed by atoms with E-state index in [2.05, 4.69) is 18.7 Å². The summed E-state index contributed by atoms with van der Waals surface area (Å²) in [6.45, 7) is 9.18. The molecule has 0 aromatic heterocycles. The minimum absolute atomic E-state index is 0.665. The summed E-state index contributed by atoms with van der Waals surface area (Å²) in [5.41, 5.74) is 5.64. The van der Waals surface area contributed by atoms with Crippen LogP contribution in [0.3, 0.4) is 0 Å². The van der Waals surface area contributed by atoms with E-state index in [4.69, 9.17) is 5.73 Å². The van der Waals surface area contributed by atoms with Crippen molar-refractivity contribution in [2.45, 2.75) is 39.5 Å². The molecule has 0 saturated carbocycles. The van der Waals surface area contributed by atoms with Crippen LogP contribution >= 0.6 is 0 Å². The van der Waals surface area contributed by atoms with Gasteiger partial charge in [-0.3, -0.25) is 0 Å². The standard InChI is InChI=1S/C12H26N2/c1-3-4-12-5-7-14(8-6-12)10-11(2)9-13/h11-12H,3-10,13H2,1-2H3. The molecule has 0 amide bonds. The molecular weight excluding hydrogens is 172 g/mol. The van der Waals surface area contributed by atoms with E-state index in [9.17, 15) is 0 Å². The third-order valence-electron chi connectivity index (χ3n) is 3.38. The normalized spacial score (nSPS) is 22.5. The molecule has 1 aliphatic heterocycles. The van der Waals surface area contributed by atoms with Gasteiger partial charge in [0.15, 0.2) is 0 Å². The van der Waals surface area contributed by atoms with Gasteiger partial charge in [0, 0.05) is 6.54 Å². The van der Waals surface area contributed by atoms with E-state index < -0.39 is 0 Å². The fraction of sp³-hybridized carbons (Fsp3) is 1.00. The molecule has 1 aliphatic rings. The highest BCUT2D eigenvalue weighted by Crippen LogP contribution is 2.21. The zero-order valence-corrected chi connectivity index (χ0v) is 9.84. The van der Waals surface area contributed by atoms with Gasteiger partial charge in [0.2, 0.25) is 0 Å². The van der Waals surface area contributed by atoms with E-state index in [0.717, 1.165) is 12.5 Å². The van der Waals surface area contributed by atoms with Crippen molar-refractivity contribution in [3.05, 3.63) is 0 Å². The summed E-state index contributed by atoms with van der Waals surface area (Å²) >= 11 is 0. The maximum absolute atomic E-state index is 5.64. The average molecular weight is 198 g/mol. The fourth-order valence-corrected chi connectivity index (χ4v) is 2.38. The predicted octanol–water partition coefficient (Wildman–Crippen LogP) is 2.09. The number of hydrogen-bond acceptors (Lipinski definition) is 2. The molecule has 2 N–H and O–H groups in total. The zero-order chi connectivity index (χ0) is 10.4. The Morgan fingerprint density at radius 2 is 2.00 bits per heavy atom. The summed E-state index contributed by atoms with van der Waals surface area (Å²) in [7, 11) is 0. The van der Waals surface area contributed by atoms with Crippen molar-refractivity contribution in [3.8, 4) is 0 Å². The van der Waals surface area contributed by atoms with Gasteiger partial charge in [0.1, 0.15) is 0 Å². The summed E-state index contributed by atoms with van der Waals surface area (Å²) in [6, 6.07) is 0. The molecule has 0 spiro atoms. The van der Waals surface area contributed by atoms with Crippen LogP contribution in [0, 0.1) is 11.8 Å². The molecule has 1 unspecified atom stereocenters. The first kappa shape index (κ1) is 12.0. The Bertz CT molecular complexity index is 139. The number of rotatable bonds is 5. The van der Waals surface area contributed by atoms with Crippen LogP contribution in [0.5, 0.6) is 0 Å². The quantitative estimate of drug-likeness (QED) is 0.733. The second-order valence-corrected chi connectivity index (χ2v) is 4.87. The monoisotopic (exact) mass is 198 g/mol. The van der Waals surface area contributed by atoms with Crippen LogP contribution in [0.1, 0.15) is 39.5 Å². The van der Waals surface area contributed by atoms with Gasteiger partial charge in [-0.2, -0.15) is 0 Å². The van der Waals surface area contributed by atoms with Gasteiger partial charge in [-0.25, -0.2) is 0 Å². The Morgan fingerprint density at radius 1 is 1.36 bits per heavy atom. The van der Waals surface area contributed by atoms with Gasteiger partial charge >= 0.3 is 0 Å². The van der Waals surface area contributed by atoms with Gasteiger partial charge in [-0.1, -0.05) is 26.7 Å². The zero-order valence-electron chi connectivity index (χ0n) is 9.84. The molecule has 0 aromatic carbocycles. The van der Waals surface area contributed by atoms with Gasteiger partial charge in [0.25, 0.3) is 0 Å². The molecule has 2 nitrogen and oxygen atoms in total. The van der Waals surface area contributed by atoms with Gasteiger partial charge < -0.3 is 10.6 Å². The van der Waals surface area contributed by atoms with E-state index in [1.807, 2.05) is 0 Å². The first-order chi connectivity index (χ1) is 6.76. The summed E-state index contributed by atoms with van der Waals surface area (Å²) < 4.78 is 0. The number of hydrogen-bond donors (Lipinski definition) is 1. The largest absolute Gasteiger partial charge is 0.330 e. The Labute approximate surface area is 88.8 Å². The lowest BCUT2D eigenvalue weighted by Crippen LogP contribution is -2.38. The van der Waals surface area contributed by atoms with E-state index in [1.54, 1.807) is 0 Å². The van der Waals surface area contributed by atoms with Crippen LogP contribution < -0.4 is 5.73 Å². The Hall–Kier alpha value is -0.0800. The van der Waals surface area contributed by atoms with E-state index in [0.29, 0.717) is 5.92 Å². The second-order valence-electron chi connectivity index (χ2n) is 4.87. The molecular formula is C12H26N2. The van der Waals surface area contributed by atoms with Crippen LogP contribution in [0.4, 0.5) is 0 Å². The van der Waals surface area contributed by atoms with Crippen molar-refractivity contribution in [1.29, 1.82) is 0 Å². The number of nitrogens with two attached hydrogens (primary N) is 1. The second kappa shape index (κ2) is 6.41. The molecule has 1 atom stereocenters. The Morgan fingerprint density at radius 3 is 2.50 bits per heavy atom. The molecule has 2 heteroatoms. The van der Waals surface area contributed by atoms with Crippen molar-refractivity contribution in [3.63, 3.8) is 0 Å². The number of piperidine rings is 1. The third-order valence-corrected chi connectivity index (χ3v) is 3.38. The average Bonchev–Trinajstić information content (AvgIpc) is 2.21. The van der Waals surface area contributed by atoms with Crippen LogP contribution in [0.15, 0.2) is 0 Å². The highest BCUT2D eigenvalue weighted by Gasteiger charge is 2.19. The van der Waals surface area contributed by atoms with Crippen molar-refractivity contribution in [2.24, 2.45) is 17.6 Å². The third kappa shape index (κ3) is 3.97. The lowest BCUT2D eigenvalue weighted by Gasteiger charge is -2.33. The highest BCUT2D eigenvalue weighted by molar-refractivity contribution is 4.73. The number of likely N-dealkylation sites (tertiary alicyclic amines) is 1. The van der Waals surface area contributed by atoms with Crippen LogP contribution in [-0.4, -0.2) is 31.1 Å². The first-order valence-electron chi connectivity index (χ1n) is 6.18. The molecule has 0 aromatic rings. The Kier molecular flexibility index (Phi) is 5.49. The molecule has 0 radical (unpaired) electrons. The smallest absolute Gasteiger partial charge is 0.00191 e. The molecule has 14 heavy (non-hydrogen) atoms. The minimum atomic E-state index is 0.665. The van der Waals surface area contributed by atoms with Gasteiger partial charge in [0.05, 0.1) is 0 Å². The van der Waals surface area contributed by atoms with Crippen LogP contribution in [0.2, 0.25) is 0 Å². The summed E-state index contributed by atoms with van der Waals surface area (Å²) in [5.74, 6) is 1.67. The van der Waals surface area contributed by atoms with E-state index in [-0.39, 0.29) is 0 Å². The van der Waals surface area contributed by atoms with Crippen LogP contribution in [-0.2, 0) is 0 Å². The molecule has 0 aliphatic carbocycles. The van der Waals surface area contributed by atoms with Crippen LogP contribution in [0.25, 0.3) is 0 Å². The van der Waals surface area contributed by atoms with Gasteiger partial charge in [-0.05, 0) is 44.3 Å². The molecule has 1 heterocycles. The Balaban J connectivity index is 2.15. The topological polar surface area (TPSA) is 29.3 Å². The summed E-state index contributed by atoms with van der Waals surface area (Å²) in [5, 5.41) is 0. The molecule has 1 rings (SSSR count). The molecule has 1 fully saturated rings. The summed E-state index contributed by atoms with van der Waals surface area (Å²) in [4.78, 5) is 2.59. The molecule has 0 bridgehead atoms. The SMILES string of the molecule is CCCC1CCN(CC(C)CN)CC1. The maximum Gasteiger partial charge on any atom is 0.00191 e. The van der Waals surface area contributed by atoms with Gasteiger partial charge in [-0.15, -0.1) is 0 Å². The van der Waals surface area contributed by atoms with Crippen molar-refractivity contribution in [1.82, 2.24) is 4.90 Å². The summed E-state index contributed by atoms with van der Waals surface area (Å²) in [6.07, 6.45) is 5.60. The molecule has 84 valence electrons. The predicted molar refractivity (Wildman–Crippen MR) is 62.3 cm³/mol. The van der Waals surface area contributed by atoms with E-state index >= 15 is 0 Å².